The molecule has 2 nitrogen and oxygen atoms in total. The number of anilines is 2. The van der Waals surface area contributed by atoms with Gasteiger partial charge in [-0.1, -0.05) is 49.4 Å². The first-order chi connectivity index (χ1) is 11.2. The van der Waals surface area contributed by atoms with Gasteiger partial charge in [0.1, 0.15) is 6.34 Å². The first-order valence-electron chi connectivity index (χ1n) is 8.13. The van der Waals surface area contributed by atoms with Gasteiger partial charge in [-0.05, 0) is 54.7 Å². The molecule has 1 heterocycles. The molecule has 120 valence electrons. The van der Waals surface area contributed by atoms with Crippen LogP contribution in [0.5, 0.6) is 0 Å². The van der Waals surface area contributed by atoms with Gasteiger partial charge in [-0.15, -0.1) is 0 Å². The minimum atomic E-state index is -1.98. The molecule has 0 aliphatic carbocycles. The third-order valence-corrected chi connectivity index (χ3v) is 9.74. The number of para-hydroxylation sites is 2. The number of hydrogen-bond donors (Lipinski definition) is 0. The van der Waals surface area contributed by atoms with Gasteiger partial charge in [-0.2, -0.15) is 0 Å². The highest BCUT2D eigenvalue weighted by Crippen LogP contribution is 2.66. The van der Waals surface area contributed by atoms with Crippen molar-refractivity contribution in [3.8, 4) is 0 Å². The van der Waals surface area contributed by atoms with Gasteiger partial charge >= 0.3 is 0 Å². The lowest BCUT2D eigenvalue weighted by atomic mass is 10.3. The van der Waals surface area contributed by atoms with Crippen molar-refractivity contribution in [1.29, 1.82) is 0 Å². The van der Waals surface area contributed by atoms with Crippen molar-refractivity contribution >= 4 is 29.5 Å². The molecule has 1 aliphatic heterocycles. The van der Waals surface area contributed by atoms with Crippen LogP contribution in [-0.2, 0) is 11.8 Å². The summed E-state index contributed by atoms with van der Waals surface area (Å²) < 4.78 is 4.93. The second-order valence-electron chi connectivity index (χ2n) is 5.59. The van der Waals surface area contributed by atoms with E-state index < -0.39 is 6.34 Å². The lowest BCUT2D eigenvalue weighted by Crippen LogP contribution is -2.19. The van der Waals surface area contributed by atoms with E-state index in [0.717, 1.165) is 19.5 Å². The maximum Gasteiger partial charge on any atom is 0.149 e. The van der Waals surface area contributed by atoms with E-state index in [2.05, 4.69) is 89.9 Å². The molecule has 0 unspecified atom stereocenters. The normalized spacial score (nSPS) is 17.6. The Balaban J connectivity index is 2.11. The molecule has 0 spiro atoms. The van der Waals surface area contributed by atoms with E-state index in [-0.39, 0.29) is 0 Å². The monoisotopic (exact) mass is 342 g/mol. The second kappa shape index (κ2) is 6.90. The Bertz CT molecular complexity index is 676. The highest BCUT2D eigenvalue weighted by Gasteiger charge is 2.40. The average molecular weight is 342 g/mol. The third kappa shape index (κ3) is 2.84. The fraction of sp³-hybridized carbons (Fsp3) is 0.263. The molecule has 23 heavy (non-hydrogen) atoms. The van der Waals surface area contributed by atoms with Crippen molar-refractivity contribution in [2.24, 2.45) is 0 Å². The number of benzene rings is 2. The summed E-state index contributed by atoms with van der Waals surface area (Å²) in [6.45, 7) is 6.30. The van der Waals surface area contributed by atoms with Crippen LogP contribution < -0.4 is 9.34 Å². The molecule has 2 aromatic carbocycles. The van der Waals surface area contributed by atoms with Crippen LogP contribution in [0.3, 0.4) is 0 Å². The largest absolute Gasteiger partial charge is 0.323 e. The summed E-state index contributed by atoms with van der Waals surface area (Å²) in [5.41, 5.74) is 2.48. The van der Waals surface area contributed by atoms with E-state index in [4.69, 9.17) is 11.8 Å². The second-order valence-corrected chi connectivity index (χ2v) is 9.75. The summed E-state index contributed by atoms with van der Waals surface area (Å²) in [5.74, 6) is 0. The molecule has 0 atom stereocenters. The van der Waals surface area contributed by atoms with Gasteiger partial charge in [0.15, 0.2) is 0 Å². The minimum absolute atomic E-state index is 0.980. The van der Waals surface area contributed by atoms with Crippen LogP contribution in [0, 0.1) is 0 Å². The highest BCUT2D eigenvalue weighted by molar-refractivity contribution is 8.18. The lowest BCUT2D eigenvalue weighted by Gasteiger charge is -2.38. The standard InChI is InChI=1S/C19H23N2PS/c1-3-19(4-2)22(23)20(17-11-7-5-8-12-17)15-16-21(22)18-13-9-6-10-14-18/h3,5-14H,4,15-16H2,1-2H3/b19-3+. The average Bonchev–Trinajstić information content (AvgIpc) is 2.95. The Morgan fingerprint density at radius 1 is 0.957 bits per heavy atom. The number of rotatable bonds is 4. The van der Waals surface area contributed by atoms with Crippen molar-refractivity contribution in [3.05, 3.63) is 72.1 Å². The summed E-state index contributed by atoms with van der Waals surface area (Å²) >= 11 is 6.39. The van der Waals surface area contributed by atoms with Gasteiger partial charge in [0.2, 0.25) is 0 Å². The Hall–Kier alpha value is -1.57. The fourth-order valence-electron chi connectivity index (χ4n) is 3.25. The molecule has 3 rings (SSSR count). The molecule has 0 aromatic heterocycles. The van der Waals surface area contributed by atoms with Crippen LogP contribution in [0.1, 0.15) is 20.3 Å². The Kier molecular flexibility index (Phi) is 4.89. The van der Waals surface area contributed by atoms with Crippen molar-refractivity contribution in [3.63, 3.8) is 0 Å². The minimum Gasteiger partial charge on any atom is -0.323 e. The fourth-order valence-corrected chi connectivity index (χ4v) is 8.25. The maximum atomic E-state index is 6.39. The molecule has 1 saturated heterocycles. The van der Waals surface area contributed by atoms with Crippen LogP contribution in [0.2, 0.25) is 0 Å². The molecule has 2 aromatic rings. The molecule has 0 amide bonds. The van der Waals surface area contributed by atoms with Gasteiger partial charge in [0.25, 0.3) is 0 Å². The quantitative estimate of drug-likeness (QED) is 0.664. The first kappa shape index (κ1) is 16.3. The van der Waals surface area contributed by atoms with Crippen LogP contribution in [0.25, 0.3) is 0 Å². The lowest BCUT2D eigenvalue weighted by molar-refractivity contribution is 1.02. The van der Waals surface area contributed by atoms with E-state index in [0.29, 0.717) is 0 Å². The molecule has 0 bridgehead atoms. The van der Waals surface area contributed by atoms with Crippen LogP contribution in [0.4, 0.5) is 11.4 Å². The van der Waals surface area contributed by atoms with Crippen molar-refractivity contribution in [2.45, 2.75) is 20.3 Å². The number of nitrogens with zero attached hydrogens (tertiary/aromatic N) is 2. The predicted molar refractivity (Wildman–Crippen MR) is 106 cm³/mol. The summed E-state index contributed by atoms with van der Waals surface area (Å²) in [6, 6.07) is 21.2. The Morgan fingerprint density at radius 2 is 1.39 bits per heavy atom. The summed E-state index contributed by atoms with van der Waals surface area (Å²) in [4.78, 5) is 0. The third-order valence-electron chi connectivity index (χ3n) is 4.36. The molecule has 1 aliphatic rings. The van der Waals surface area contributed by atoms with Gasteiger partial charge < -0.3 is 9.34 Å². The summed E-state index contributed by atoms with van der Waals surface area (Å²) in [5, 5.41) is 1.39. The molecule has 4 heteroatoms. The summed E-state index contributed by atoms with van der Waals surface area (Å²) in [6.07, 6.45) is 1.25. The van der Waals surface area contributed by atoms with Gasteiger partial charge in [0.05, 0.1) is 0 Å². The highest BCUT2D eigenvalue weighted by atomic mass is 32.4. The number of hydrogen-bond acceptors (Lipinski definition) is 1. The maximum absolute atomic E-state index is 6.39. The predicted octanol–water partition coefficient (Wildman–Crippen LogP) is 5.64. The Labute approximate surface area is 144 Å². The molecular weight excluding hydrogens is 319 g/mol. The van der Waals surface area contributed by atoms with E-state index >= 15 is 0 Å². The molecule has 1 fully saturated rings. The summed E-state index contributed by atoms with van der Waals surface area (Å²) in [7, 11) is 0. The Morgan fingerprint density at radius 3 is 1.74 bits per heavy atom. The van der Waals surface area contributed by atoms with Crippen molar-refractivity contribution in [2.75, 3.05) is 22.4 Å². The molecule has 0 N–H and O–H groups in total. The van der Waals surface area contributed by atoms with Gasteiger partial charge in [0, 0.05) is 24.5 Å². The molecule has 0 saturated carbocycles. The van der Waals surface area contributed by atoms with E-state index in [1.807, 2.05) is 0 Å². The zero-order chi connectivity index (χ0) is 16.3. The van der Waals surface area contributed by atoms with Crippen LogP contribution in [-0.4, -0.2) is 13.1 Å². The number of allylic oxidation sites excluding steroid dienone is 2. The zero-order valence-corrected chi connectivity index (χ0v) is 15.4. The van der Waals surface area contributed by atoms with E-state index in [9.17, 15) is 0 Å². The SMILES string of the molecule is C/C=C(\CC)P1(=S)N(c2ccccc2)CCN1c1ccccc1. The van der Waals surface area contributed by atoms with Crippen LogP contribution >= 0.6 is 6.34 Å². The topological polar surface area (TPSA) is 6.48 Å². The smallest absolute Gasteiger partial charge is 0.149 e. The molecule has 0 radical (unpaired) electrons. The van der Waals surface area contributed by atoms with Crippen molar-refractivity contribution < 1.29 is 0 Å². The van der Waals surface area contributed by atoms with Gasteiger partial charge in [-0.3, -0.25) is 0 Å². The van der Waals surface area contributed by atoms with Crippen molar-refractivity contribution in [1.82, 2.24) is 0 Å². The molecular formula is C19H23N2PS. The first-order valence-corrected chi connectivity index (χ1v) is 10.8. The van der Waals surface area contributed by atoms with Gasteiger partial charge in [-0.25, -0.2) is 0 Å². The van der Waals surface area contributed by atoms with E-state index in [1.165, 1.54) is 16.7 Å². The van der Waals surface area contributed by atoms with E-state index in [1.54, 1.807) is 0 Å². The zero-order valence-electron chi connectivity index (χ0n) is 13.7. The van der Waals surface area contributed by atoms with Crippen LogP contribution in [0.15, 0.2) is 72.1 Å².